The second-order valence-corrected chi connectivity index (χ2v) is 5.67. The van der Waals surface area contributed by atoms with Crippen molar-refractivity contribution in [1.29, 1.82) is 0 Å². The summed E-state index contributed by atoms with van der Waals surface area (Å²) in [4.78, 5) is 0. The third-order valence-corrected chi connectivity index (χ3v) is 4.68. The standard InChI is InChI=1S/C19H19N2/c1-4-21-13(2)20(3)19-17(21)12-11-15-10-9-14-7-5-6-8-16(14)18(15)19/h5-12H,4H2,1-3H3/q+1. The number of nitrogens with zero attached hydrogens (tertiary/aromatic N) is 2. The first-order valence-corrected chi connectivity index (χ1v) is 7.51. The summed E-state index contributed by atoms with van der Waals surface area (Å²) in [5, 5.41) is 5.32. The van der Waals surface area contributed by atoms with Crippen LogP contribution in [-0.2, 0) is 13.6 Å². The maximum Gasteiger partial charge on any atom is 0.254 e. The van der Waals surface area contributed by atoms with Crippen LogP contribution >= 0.6 is 0 Å². The summed E-state index contributed by atoms with van der Waals surface area (Å²) >= 11 is 0. The van der Waals surface area contributed by atoms with E-state index >= 15 is 0 Å². The second-order valence-electron chi connectivity index (χ2n) is 5.67. The lowest BCUT2D eigenvalue weighted by Crippen LogP contribution is -2.31. The van der Waals surface area contributed by atoms with E-state index in [1.165, 1.54) is 38.4 Å². The number of aryl methyl sites for hydroxylation is 2. The van der Waals surface area contributed by atoms with Crippen molar-refractivity contribution in [2.24, 2.45) is 7.05 Å². The van der Waals surface area contributed by atoms with Crippen LogP contribution in [0.15, 0.2) is 48.5 Å². The Balaban J connectivity index is 2.35. The molecule has 0 spiro atoms. The molecule has 2 nitrogen and oxygen atoms in total. The molecule has 0 fully saturated rings. The summed E-state index contributed by atoms with van der Waals surface area (Å²) < 4.78 is 4.71. The van der Waals surface area contributed by atoms with Gasteiger partial charge in [-0.1, -0.05) is 36.4 Å². The largest absolute Gasteiger partial charge is 0.254 e. The fraction of sp³-hybridized carbons (Fsp3) is 0.211. The van der Waals surface area contributed by atoms with Crippen molar-refractivity contribution in [3.05, 3.63) is 54.4 Å². The summed E-state index contributed by atoms with van der Waals surface area (Å²) in [5.41, 5.74) is 2.66. The Morgan fingerprint density at radius 2 is 1.67 bits per heavy atom. The molecule has 0 saturated carbocycles. The van der Waals surface area contributed by atoms with Gasteiger partial charge in [0.2, 0.25) is 0 Å². The van der Waals surface area contributed by atoms with Crippen LogP contribution in [0.3, 0.4) is 0 Å². The molecule has 0 bridgehead atoms. The topological polar surface area (TPSA) is 8.81 Å². The maximum absolute atomic E-state index is 2.39. The molecule has 0 aliphatic heterocycles. The lowest BCUT2D eigenvalue weighted by molar-refractivity contribution is -0.651. The van der Waals surface area contributed by atoms with Crippen LogP contribution in [0.2, 0.25) is 0 Å². The van der Waals surface area contributed by atoms with Crippen LogP contribution in [0.25, 0.3) is 32.6 Å². The van der Waals surface area contributed by atoms with Crippen molar-refractivity contribution in [2.45, 2.75) is 20.4 Å². The summed E-state index contributed by atoms with van der Waals surface area (Å²) in [6, 6.07) is 17.6. The Labute approximate surface area is 124 Å². The molecular weight excluding hydrogens is 256 g/mol. The first kappa shape index (κ1) is 12.4. The Morgan fingerprint density at radius 3 is 2.48 bits per heavy atom. The molecule has 0 N–H and O–H groups in total. The van der Waals surface area contributed by atoms with Crippen LogP contribution in [0.4, 0.5) is 0 Å². The van der Waals surface area contributed by atoms with Crippen LogP contribution < -0.4 is 4.57 Å². The molecule has 4 aromatic rings. The van der Waals surface area contributed by atoms with Crippen LogP contribution in [0, 0.1) is 6.92 Å². The van der Waals surface area contributed by atoms with E-state index in [1.54, 1.807) is 0 Å². The van der Waals surface area contributed by atoms with Gasteiger partial charge in [0.15, 0.2) is 11.0 Å². The smallest absolute Gasteiger partial charge is 0.230 e. The molecular formula is C19H19N2+. The first-order valence-electron chi connectivity index (χ1n) is 7.51. The van der Waals surface area contributed by atoms with Gasteiger partial charge >= 0.3 is 0 Å². The Kier molecular flexibility index (Phi) is 2.55. The minimum absolute atomic E-state index is 0.999. The number of hydrogen-bond donors (Lipinski definition) is 0. The molecule has 0 amide bonds. The van der Waals surface area contributed by atoms with Crippen molar-refractivity contribution >= 4 is 32.6 Å². The van der Waals surface area contributed by atoms with Crippen LogP contribution in [0.5, 0.6) is 0 Å². The molecule has 0 aliphatic carbocycles. The second kappa shape index (κ2) is 4.32. The number of rotatable bonds is 1. The SMILES string of the molecule is CCn1c(C)[n+](C)c2c3c(ccc4ccccc43)ccc21. The molecule has 0 atom stereocenters. The van der Waals surface area contributed by atoms with E-state index in [9.17, 15) is 0 Å². The summed E-state index contributed by atoms with van der Waals surface area (Å²) in [6.07, 6.45) is 0. The van der Waals surface area contributed by atoms with Gasteiger partial charge in [0.1, 0.15) is 0 Å². The van der Waals surface area contributed by atoms with Crippen LogP contribution in [-0.4, -0.2) is 4.57 Å². The molecule has 104 valence electrons. The van der Waals surface area contributed by atoms with Gasteiger partial charge in [-0.15, -0.1) is 0 Å². The van der Waals surface area contributed by atoms with E-state index in [4.69, 9.17) is 0 Å². The lowest BCUT2D eigenvalue weighted by Gasteiger charge is -2.04. The van der Waals surface area contributed by atoms with E-state index in [0.717, 1.165) is 6.54 Å². The lowest BCUT2D eigenvalue weighted by atomic mass is 10.0. The van der Waals surface area contributed by atoms with Gasteiger partial charge in [-0.05, 0) is 35.2 Å². The zero-order valence-corrected chi connectivity index (χ0v) is 12.7. The predicted molar refractivity (Wildman–Crippen MR) is 88.5 cm³/mol. The summed E-state index contributed by atoms with van der Waals surface area (Å²) in [5.74, 6) is 1.30. The van der Waals surface area contributed by atoms with Gasteiger partial charge in [0.05, 0.1) is 13.6 Å². The Morgan fingerprint density at radius 1 is 0.952 bits per heavy atom. The monoisotopic (exact) mass is 275 g/mol. The third-order valence-electron chi connectivity index (χ3n) is 4.68. The molecule has 21 heavy (non-hydrogen) atoms. The van der Waals surface area contributed by atoms with E-state index < -0.39 is 0 Å². The number of fused-ring (bicyclic) bond motifs is 5. The number of aromatic nitrogens is 2. The van der Waals surface area contributed by atoms with Crippen molar-refractivity contribution in [1.82, 2.24) is 4.57 Å². The average molecular weight is 275 g/mol. The van der Waals surface area contributed by atoms with Crippen molar-refractivity contribution in [3.8, 4) is 0 Å². The van der Waals surface area contributed by atoms with Gasteiger partial charge in [-0.25, -0.2) is 9.13 Å². The highest BCUT2D eigenvalue weighted by atomic mass is 15.1. The van der Waals surface area contributed by atoms with Crippen molar-refractivity contribution < 1.29 is 4.57 Å². The fourth-order valence-corrected chi connectivity index (χ4v) is 3.54. The first-order chi connectivity index (χ1) is 10.2. The fourth-order valence-electron chi connectivity index (χ4n) is 3.54. The Bertz CT molecular complexity index is 993. The summed E-state index contributed by atoms with van der Waals surface area (Å²) in [7, 11) is 2.17. The van der Waals surface area contributed by atoms with Gasteiger partial charge in [-0.3, -0.25) is 0 Å². The highest BCUT2D eigenvalue weighted by Gasteiger charge is 2.21. The number of benzene rings is 3. The van der Waals surface area contributed by atoms with Gasteiger partial charge in [0.25, 0.3) is 5.82 Å². The van der Waals surface area contributed by atoms with E-state index in [2.05, 4.69) is 78.6 Å². The van der Waals surface area contributed by atoms with Gasteiger partial charge < -0.3 is 0 Å². The van der Waals surface area contributed by atoms with Crippen molar-refractivity contribution in [3.63, 3.8) is 0 Å². The molecule has 0 radical (unpaired) electrons. The number of hydrogen-bond acceptors (Lipinski definition) is 0. The molecule has 0 aliphatic rings. The highest BCUT2D eigenvalue weighted by Crippen LogP contribution is 2.31. The third kappa shape index (κ3) is 1.56. The average Bonchev–Trinajstić information content (AvgIpc) is 2.78. The van der Waals surface area contributed by atoms with Gasteiger partial charge in [0, 0.05) is 12.3 Å². The molecule has 3 aromatic carbocycles. The highest BCUT2D eigenvalue weighted by molar-refractivity contribution is 6.17. The number of imidazole rings is 1. The normalized spacial score (nSPS) is 11.8. The zero-order chi connectivity index (χ0) is 14.6. The van der Waals surface area contributed by atoms with E-state index in [0.29, 0.717) is 0 Å². The minimum Gasteiger partial charge on any atom is -0.230 e. The van der Waals surface area contributed by atoms with Gasteiger partial charge in [-0.2, -0.15) is 0 Å². The zero-order valence-electron chi connectivity index (χ0n) is 12.7. The van der Waals surface area contributed by atoms with Crippen molar-refractivity contribution in [2.75, 3.05) is 0 Å². The Hall–Kier alpha value is -2.35. The van der Waals surface area contributed by atoms with Crippen LogP contribution in [0.1, 0.15) is 12.7 Å². The quantitative estimate of drug-likeness (QED) is 0.365. The molecule has 2 heteroatoms. The molecule has 1 aromatic heterocycles. The van der Waals surface area contributed by atoms with E-state index in [-0.39, 0.29) is 0 Å². The maximum atomic E-state index is 2.39. The molecule has 1 heterocycles. The summed E-state index contributed by atoms with van der Waals surface area (Å²) in [6.45, 7) is 5.40. The van der Waals surface area contributed by atoms with E-state index in [1.807, 2.05) is 0 Å². The predicted octanol–water partition coefficient (Wildman–Crippen LogP) is 4.10. The molecule has 0 unspecified atom stereocenters. The molecule has 4 rings (SSSR count). The molecule has 0 saturated heterocycles. The minimum atomic E-state index is 0.999.